The van der Waals surface area contributed by atoms with Crippen molar-refractivity contribution in [1.29, 1.82) is 0 Å². The average Bonchev–Trinajstić information content (AvgIpc) is 3.74. The number of carbonyl (C=O) groups is 2. The molecule has 49 heavy (non-hydrogen) atoms. The standard InChI is InChI=1S/C38H42Cl2N6O3/c1-49-37-24(19-41-21-26-12-15-33(47)44-26)11-14-32(46-37)38(17-5-8-29(36(38)40)28-7-2-3-9-30(28)39)25-18-23-6-4-10-31(35(23)43-20-25)42-22-27-13-16-34(48)45-27/h2-3,5,7-9,11,14,17-18,20,26-27,31,36,41-42H,4,6,10,12-13,15-16,19,21-22H2,1H3,(H,44,47)(H,45,48)/t26-,27-,31+,36?,38?/m0/s1. The van der Waals surface area contributed by atoms with E-state index in [1.165, 1.54) is 5.56 Å². The number of nitrogens with zero attached hydrogens (tertiary/aromatic N) is 2. The molecule has 2 aromatic heterocycles. The first-order valence-corrected chi connectivity index (χ1v) is 18.0. The van der Waals surface area contributed by atoms with E-state index in [-0.39, 0.29) is 29.9 Å². The Balaban J connectivity index is 1.23. The highest BCUT2D eigenvalue weighted by atomic mass is 35.5. The molecule has 1 aromatic carbocycles. The van der Waals surface area contributed by atoms with Crippen LogP contribution in [0.25, 0.3) is 5.57 Å². The average molecular weight is 702 g/mol. The van der Waals surface area contributed by atoms with Crippen molar-refractivity contribution in [3.05, 3.63) is 106 Å². The second kappa shape index (κ2) is 14.6. The summed E-state index contributed by atoms with van der Waals surface area (Å²) in [4.78, 5) is 33.6. The summed E-state index contributed by atoms with van der Waals surface area (Å²) >= 11 is 14.4. The molecule has 2 unspecified atom stereocenters. The summed E-state index contributed by atoms with van der Waals surface area (Å²) in [5.41, 5.74) is 5.73. The molecule has 0 radical (unpaired) electrons. The number of pyridine rings is 2. The minimum Gasteiger partial charge on any atom is -0.481 e. The second-order valence-corrected chi connectivity index (χ2v) is 14.3. The fourth-order valence-corrected chi connectivity index (χ4v) is 8.42. The van der Waals surface area contributed by atoms with Crippen LogP contribution in [0.4, 0.5) is 0 Å². The van der Waals surface area contributed by atoms with E-state index in [2.05, 4.69) is 33.4 Å². The zero-order chi connectivity index (χ0) is 34.0. The number of hydrogen-bond acceptors (Lipinski definition) is 7. The Morgan fingerprint density at radius 3 is 2.51 bits per heavy atom. The van der Waals surface area contributed by atoms with Crippen LogP contribution in [0.1, 0.15) is 78.2 Å². The topological polar surface area (TPSA) is 117 Å². The van der Waals surface area contributed by atoms with Gasteiger partial charge < -0.3 is 26.0 Å². The first-order valence-electron chi connectivity index (χ1n) is 17.2. The SMILES string of the molecule is COc1nc(C2(c3cnc4c(c3)CCC[C@H]4NC[C@@H]3CCC(=O)N3)C=CC=C(c3ccccc3Cl)C2Cl)ccc1CNC[C@@H]1CCC(=O)N1. The number of allylic oxidation sites excluding steroid dienone is 4. The quantitative estimate of drug-likeness (QED) is 0.201. The van der Waals surface area contributed by atoms with Crippen LogP contribution >= 0.6 is 23.2 Å². The second-order valence-electron chi connectivity index (χ2n) is 13.4. The van der Waals surface area contributed by atoms with E-state index in [1.807, 2.05) is 54.7 Å². The molecule has 2 fully saturated rings. The summed E-state index contributed by atoms with van der Waals surface area (Å²) < 4.78 is 5.87. The number of nitrogens with one attached hydrogen (secondary N) is 4. The van der Waals surface area contributed by atoms with E-state index in [1.54, 1.807) is 7.11 Å². The Bertz CT molecular complexity index is 1800. The van der Waals surface area contributed by atoms with Crippen LogP contribution in [0.2, 0.25) is 5.02 Å². The maximum Gasteiger partial charge on any atom is 0.220 e. The Labute approximate surface area is 297 Å². The van der Waals surface area contributed by atoms with E-state index >= 15 is 0 Å². The number of rotatable bonds is 11. The van der Waals surface area contributed by atoms with Crippen molar-refractivity contribution in [2.45, 2.75) is 80.4 Å². The predicted octanol–water partition coefficient (Wildman–Crippen LogP) is 5.30. The van der Waals surface area contributed by atoms with Gasteiger partial charge in [-0.15, -0.1) is 11.6 Å². The van der Waals surface area contributed by atoms with Crippen molar-refractivity contribution < 1.29 is 14.3 Å². The van der Waals surface area contributed by atoms with Gasteiger partial charge in [0.15, 0.2) is 0 Å². The van der Waals surface area contributed by atoms with Crippen molar-refractivity contribution in [1.82, 2.24) is 31.2 Å². The highest BCUT2D eigenvalue weighted by Gasteiger charge is 2.45. The molecule has 0 spiro atoms. The fourth-order valence-electron chi connectivity index (χ4n) is 7.68. The number of methoxy groups -OCH3 is 1. The molecule has 0 saturated carbocycles. The van der Waals surface area contributed by atoms with Gasteiger partial charge >= 0.3 is 0 Å². The highest BCUT2D eigenvalue weighted by molar-refractivity contribution is 6.34. The van der Waals surface area contributed by atoms with E-state index in [0.717, 1.165) is 72.3 Å². The zero-order valence-corrected chi connectivity index (χ0v) is 29.1. The van der Waals surface area contributed by atoms with Crippen molar-refractivity contribution in [2.24, 2.45) is 0 Å². The lowest BCUT2D eigenvalue weighted by Gasteiger charge is -2.39. The summed E-state index contributed by atoms with van der Waals surface area (Å²) in [7, 11) is 1.63. The molecule has 4 aliphatic rings. The van der Waals surface area contributed by atoms with Gasteiger partial charge in [0.2, 0.25) is 17.7 Å². The van der Waals surface area contributed by atoms with Gasteiger partial charge in [-0.3, -0.25) is 14.6 Å². The van der Waals surface area contributed by atoms with Crippen LogP contribution in [0.3, 0.4) is 0 Å². The van der Waals surface area contributed by atoms with Gasteiger partial charge in [0, 0.05) is 67.4 Å². The maximum atomic E-state index is 11.8. The van der Waals surface area contributed by atoms with Gasteiger partial charge in [-0.25, -0.2) is 4.98 Å². The third kappa shape index (κ3) is 6.86. The Morgan fingerprint density at radius 1 is 1.00 bits per heavy atom. The summed E-state index contributed by atoms with van der Waals surface area (Å²) in [5.74, 6) is 0.739. The van der Waals surface area contributed by atoms with Crippen LogP contribution in [0.15, 0.2) is 66.9 Å². The molecular formula is C38H42Cl2N6O3. The number of fused-ring (bicyclic) bond motifs is 1. The van der Waals surface area contributed by atoms with Crippen LogP contribution in [-0.2, 0) is 28.0 Å². The van der Waals surface area contributed by atoms with E-state index in [4.69, 9.17) is 37.9 Å². The van der Waals surface area contributed by atoms with Gasteiger partial charge in [-0.05, 0) is 66.5 Å². The molecule has 2 aliphatic carbocycles. The summed E-state index contributed by atoms with van der Waals surface area (Å²) in [6.07, 6.45) is 13.9. The molecule has 11 heteroatoms. The van der Waals surface area contributed by atoms with Gasteiger partial charge in [0.05, 0.1) is 29.3 Å². The number of aryl methyl sites for hydroxylation is 1. The Hall–Kier alpha value is -3.76. The van der Waals surface area contributed by atoms with Crippen LogP contribution in [0.5, 0.6) is 5.88 Å². The van der Waals surface area contributed by atoms with Crippen molar-refractivity contribution in [3.8, 4) is 5.88 Å². The molecule has 0 bridgehead atoms. The Kier molecular flexibility index (Phi) is 10.1. The molecule has 256 valence electrons. The van der Waals surface area contributed by atoms with E-state index in [0.29, 0.717) is 36.8 Å². The smallest absolute Gasteiger partial charge is 0.220 e. The summed E-state index contributed by atoms with van der Waals surface area (Å²) in [6, 6.07) is 14.5. The van der Waals surface area contributed by atoms with Crippen molar-refractivity contribution in [2.75, 3.05) is 20.2 Å². The normalized spacial score (nSPS) is 26.2. The lowest BCUT2D eigenvalue weighted by atomic mass is 9.68. The van der Waals surface area contributed by atoms with Crippen LogP contribution in [0, 0.1) is 0 Å². The molecule has 2 aliphatic heterocycles. The number of benzene rings is 1. The molecule has 4 N–H and O–H groups in total. The maximum absolute atomic E-state index is 11.8. The fraction of sp³-hybridized carbons (Fsp3) is 0.421. The number of hydrogen-bond donors (Lipinski definition) is 4. The van der Waals surface area contributed by atoms with E-state index < -0.39 is 10.8 Å². The molecule has 2 saturated heterocycles. The number of carbonyl (C=O) groups excluding carboxylic acids is 2. The third-order valence-corrected chi connectivity index (χ3v) is 11.2. The molecular weight excluding hydrogens is 659 g/mol. The minimum atomic E-state index is -0.880. The molecule has 2 amide bonds. The number of amides is 2. The molecule has 9 nitrogen and oxygen atoms in total. The first kappa shape index (κ1) is 33.7. The number of ether oxygens (including phenoxy) is 1. The van der Waals surface area contributed by atoms with Gasteiger partial charge in [0.1, 0.15) is 0 Å². The molecule has 3 aromatic rings. The summed E-state index contributed by atoms with van der Waals surface area (Å²) in [5, 5.41) is 13.3. The number of aromatic nitrogens is 2. The lowest BCUT2D eigenvalue weighted by molar-refractivity contribution is -0.120. The number of halogens is 2. The third-order valence-electron chi connectivity index (χ3n) is 10.3. The van der Waals surface area contributed by atoms with Crippen LogP contribution < -0.4 is 26.0 Å². The van der Waals surface area contributed by atoms with Gasteiger partial charge in [0.25, 0.3) is 0 Å². The monoisotopic (exact) mass is 700 g/mol. The highest BCUT2D eigenvalue weighted by Crippen LogP contribution is 2.49. The summed E-state index contributed by atoms with van der Waals surface area (Å²) in [6.45, 7) is 1.94. The molecule has 7 rings (SSSR count). The van der Waals surface area contributed by atoms with Crippen LogP contribution in [-0.4, -0.2) is 59.4 Å². The first-order chi connectivity index (χ1) is 23.9. The predicted molar refractivity (Wildman–Crippen MR) is 192 cm³/mol. The zero-order valence-electron chi connectivity index (χ0n) is 27.6. The number of alkyl halides is 1. The molecule has 5 atom stereocenters. The van der Waals surface area contributed by atoms with Crippen molar-refractivity contribution >= 4 is 40.6 Å². The lowest BCUT2D eigenvalue weighted by Crippen LogP contribution is -2.40. The van der Waals surface area contributed by atoms with E-state index in [9.17, 15) is 9.59 Å². The van der Waals surface area contributed by atoms with Gasteiger partial charge in [-0.1, -0.05) is 60.2 Å². The molecule has 4 heterocycles. The van der Waals surface area contributed by atoms with Gasteiger partial charge in [-0.2, -0.15) is 0 Å². The Morgan fingerprint density at radius 2 is 1.78 bits per heavy atom. The largest absolute Gasteiger partial charge is 0.481 e. The minimum absolute atomic E-state index is 0.101. The van der Waals surface area contributed by atoms with Crippen molar-refractivity contribution in [3.63, 3.8) is 0 Å².